The number of carbonyl (C=O) groups excluding carboxylic acids is 1. The van der Waals surface area contributed by atoms with E-state index in [4.69, 9.17) is 9.57 Å². The van der Waals surface area contributed by atoms with Crippen LogP contribution in [0.25, 0.3) is 0 Å². The van der Waals surface area contributed by atoms with Gasteiger partial charge in [-0.1, -0.05) is 41.6 Å². The lowest BCUT2D eigenvalue weighted by Gasteiger charge is -2.14. The van der Waals surface area contributed by atoms with Crippen molar-refractivity contribution in [2.45, 2.75) is 27.4 Å². The molecular weight excluding hydrogens is 316 g/mol. The van der Waals surface area contributed by atoms with Crippen molar-refractivity contribution in [1.29, 1.82) is 0 Å². The van der Waals surface area contributed by atoms with Crippen LogP contribution in [0.2, 0.25) is 0 Å². The number of rotatable bonds is 7. The molecule has 0 aliphatic carbocycles. The molecule has 5 heteroatoms. The molecule has 0 aliphatic rings. The number of aryl methyl sites for hydroxylation is 2. The first-order chi connectivity index (χ1) is 12.1. The van der Waals surface area contributed by atoms with Gasteiger partial charge in [-0.2, -0.15) is 0 Å². The topological polar surface area (TPSA) is 59.9 Å². The Bertz CT molecular complexity index is 769. The third-order valence-corrected chi connectivity index (χ3v) is 3.73. The minimum atomic E-state index is -0.275. The lowest BCUT2D eigenvalue weighted by Crippen LogP contribution is -2.32. The Morgan fingerprint density at radius 2 is 1.92 bits per heavy atom. The first-order valence-corrected chi connectivity index (χ1v) is 8.24. The second-order valence-corrected chi connectivity index (χ2v) is 5.70. The Morgan fingerprint density at radius 3 is 2.64 bits per heavy atom. The van der Waals surface area contributed by atoms with Gasteiger partial charge in [0.2, 0.25) is 0 Å². The number of carbonyl (C=O) groups is 1. The molecule has 0 bridgehead atoms. The minimum Gasteiger partial charge on any atom is -0.489 e. The van der Waals surface area contributed by atoms with Crippen molar-refractivity contribution >= 4 is 11.6 Å². The first-order valence-electron chi connectivity index (χ1n) is 8.24. The van der Waals surface area contributed by atoms with Gasteiger partial charge in [-0.15, -0.1) is 0 Å². The molecule has 0 aromatic heterocycles. The van der Waals surface area contributed by atoms with Crippen LogP contribution < -0.4 is 10.1 Å². The van der Waals surface area contributed by atoms with E-state index in [2.05, 4.69) is 16.5 Å². The Balaban J connectivity index is 2.29. The summed E-state index contributed by atoms with van der Waals surface area (Å²) in [6, 6.07) is 13.6. The van der Waals surface area contributed by atoms with Crippen LogP contribution in [0, 0.1) is 13.8 Å². The van der Waals surface area contributed by atoms with Gasteiger partial charge in [-0.3, -0.25) is 4.79 Å². The van der Waals surface area contributed by atoms with Crippen LogP contribution in [0.3, 0.4) is 0 Å². The van der Waals surface area contributed by atoms with Gasteiger partial charge in [-0.05, 0) is 43.5 Å². The lowest BCUT2D eigenvalue weighted by molar-refractivity contribution is -0.114. The third-order valence-electron chi connectivity index (χ3n) is 3.73. The van der Waals surface area contributed by atoms with Crippen LogP contribution >= 0.6 is 0 Å². The lowest BCUT2D eigenvalue weighted by atomic mass is 10.0. The average Bonchev–Trinajstić information content (AvgIpc) is 2.61. The largest absolute Gasteiger partial charge is 0.489 e. The zero-order chi connectivity index (χ0) is 18.2. The van der Waals surface area contributed by atoms with E-state index < -0.39 is 0 Å². The molecule has 5 nitrogen and oxygen atoms in total. The van der Waals surface area contributed by atoms with Crippen LogP contribution in [0.5, 0.6) is 5.75 Å². The predicted molar refractivity (Wildman–Crippen MR) is 98.9 cm³/mol. The van der Waals surface area contributed by atoms with Crippen LogP contribution in [-0.4, -0.2) is 25.3 Å². The van der Waals surface area contributed by atoms with Crippen LogP contribution in [0.4, 0.5) is 0 Å². The summed E-state index contributed by atoms with van der Waals surface area (Å²) >= 11 is 0. The molecule has 1 N–H and O–H groups in total. The van der Waals surface area contributed by atoms with E-state index in [-0.39, 0.29) is 11.6 Å². The van der Waals surface area contributed by atoms with Crippen molar-refractivity contribution in [1.82, 2.24) is 5.32 Å². The molecule has 2 aromatic carbocycles. The van der Waals surface area contributed by atoms with E-state index in [1.807, 2.05) is 57.2 Å². The van der Waals surface area contributed by atoms with Crippen LogP contribution in [-0.2, 0) is 16.2 Å². The molecule has 1 amide bonds. The second-order valence-electron chi connectivity index (χ2n) is 5.70. The van der Waals surface area contributed by atoms with Crippen LogP contribution in [0.1, 0.15) is 29.2 Å². The second kappa shape index (κ2) is 8.87. The van der Waals surface area contributed by atoms with E-state index >= 15 is 0 Å². The van der Waals surface area contributed by atoms with Crippen molar-refractivity contribution in [2.75, 3.05) is 13.7 Å². The van der Waals surface area contributed by atoms with E-state index in [9.17, 15) is 4.79 Å². The minimum absolute atomic E-state index is 0.240. The number of oxime groups is 1. The maximum atomic E-state index is 12.3. The number of hydrogen-bond acceptors (Lipinski definition) is 4. The highest BCUT2D eigenvalue weighted by Gasteiger charge is 2.18. The molecule has 0 saturated heterocycles. The Labute approximate surface area is 148 Å². The van der Waals surface area contributed by atoms with Crippen molar-refractivity contribution < 1.29 is 14.4 Å². The van der Waals surface area contributed by atoms with Crippen molar-refractivity contribution in [3.05, 3.63) is 64.7 Å². The fourth-order valence-electron chi connectivity index (χ4n) is 2.44. The molecule has 2 aromatic rings. The molecule has 0 saturated carbocycles. The Kier molecular flexibility index (Phi) is 6.57. The summed E-state index contributed by atoms with van der Waals surface area (Å²) in [6.07, 6.45) is 0. The first kappa shape index (κ1) is 18.5. The summed E-state index contributed by atoms with van der Waals surface area (Å²) < 4.78 is 5.98. The number of amides is 1. The summed E-state index contributed by atoms with van der Waals surface area (Å²) in [4.78, 5) is 17.2. The predicted octanol–water partition coefficient (Wildman–Crippen LogP) is 3.37. The van der Waals surface area contributed by atoms with Gasteiger partial charge in [0.25, 0.3) is 5.91 Å². The molecule has 2 rings (SSSR count). The summed E-state index contributed by atoms with van der Waals surface area (Å²) in [5.74, 6) is 0.557. The monoisotopic (exact) mass is 340 g/mol. The Morgan fingerprint density at radius 1 is 1.16 bits per heavy atom. The highest BCUT2D eigenvalue weighted by atomic mass is 16.6. The van der Waals surface area contributed by atoms with E-state index in [1.54, 1.807) is 0 Å². The standard InChI is InChI=1S/C20H24N2O3/c1-5-21-20(23)19(22-24-4)17-9-7-6-8-16(17)13-25-18-12-14(2)10-11-15(18)3/h6-12H,5,13H2,1-4H3,(H,21,23)/b22-19-. The van der Waals surface area contributed by atoms with Gasteiger partial charge in [0.05, 0.1) is 0 Å². The molecule has 0 fully saturated rings. The number of nitrogens with one attached hydrogen (secondary N) is 1. The molecule has 25 heavy (non-hydrogen) atoms. The smallest absolute Gasteiger partial charge is 0.273 e. The number of ether oxygens (including phenoxy) is 1. The van der Waals surface area contributed by atoms with Gasteiger partial charge in [0.15, 0.2) is 5.71 Å². The van der Waals surface area contributed by atoms with Crippen LogP contribution in [0.15, 0.2) is 47.6 Å². The quantitative estimate of drug-likeness (QED) is 0.621. The van der Waals surface area contributed by atoms with Crippen molar-refractivity contribution in [2.24, 2.45) is 5.16 Å². The number of nitrogens with zero attached hydrogens (tertiary/aromatic N) is 1. The zero-order valence-electron chi connectivity index (χ0n) is 15.1. The highest BCUT2D eigenvalue weighted by Crippen LogP contribution is 2.21. The summed E-state index contributed by atoms with van der Waals surface area (Å²) in [7, 11) is 1.43. The number of hydrogen-bond donors (Lipinski definition) is 1. The van der Waals surface area contributed by atoms with Crippen molar-refractivity contribution in [3.8, 4) is 5.75 Å². The summed E-state index contributed by atoms with van der Waals surface area (Å²) in [5, 5.41) is 6.67. The summed E-state index contributed by atoms with van der Waals surface area (Å²) in [6.45, 7) is 6.75. The third kappa shape index (κ3) is 4.83. The number of likely N-dealkylation sites (N-methyl/N-ethyl adjacent to an activating group) is 1. The molecule has 0 radical (unpaired) electrons. The molecule has 132 valence electrons. The van der Waals surface area contributed by atoms with Gasteiger partial charge in [0, 0.05) is 12.1 Å². The van der Waals surface area contributed by atoms with Gasteiger partial charge in [-0.25, -0.2) is 0 Å². The average molecular weight is 340 g/mol. The fraction of sp³-hybridized carbons (Fsp3) is 0.300. The maximum absolute atomic E-state index is 12.3. The molecule has 0 aliphatic heterocycles. The molecule has 0 unspecified atom stereocenters. The van der Waals surface area contributed by atoms with E-state index in [0.29, 0.717) is 18.7 Å². The molecule has 0 heterocycles. The number of benzene rings is 2. The van der Waals surface area contributed by atoms with Gasteiger partial charge in [0.1, 0.15) is 19.5 Å². The van der Waals surface area contributed by atoms with Gasteiger partial charge < -0.3 is 14.9 Å². The maximum Gasteiger partial charge on any atom is 0.273 e. The molecule has 0 atom stereocenters. The SMILES string of the molecule is CCNC(=O)/C(=N\OC)c1ccccc1COc1cc(C)ccc1C. The van der Waals surface area contributed by atoms with E-state index in [0.717, 1.165) is 22.4 Å². The zero-order valence-corrected chi connectivity index (χ0v) is 15.1. The van der Waals surface area contributed by atoms with E-state index in [1.165, 1.54) is 7.11 Å². The fourth-order valence-corrected chi connectivity index (χ4v) is 2.44. The Hall–Kier alpha value is -2.82. The molecule has 0 spiro atoms. The van der Waals surface area contributed by atoms with Crippen molar-refractivity contribution in [3.63, 3.8) is 0 Å². The van der Waals surface area contributed by atoms with Gasteiger partial charge >= 0.3 is 0 Å². The normalized spacial score (nSPS) is 11.1. The highest BCUT2D eigenvalue weighted by molar-refractivity contribution is 6.45. The molecular formula is C20H24N2O3. The summed E-state index contributed by atoms with van der Waals surface area (Å²) in [5.41, 5.74) is 4.01.